The van der Waals surface area contributed by atoms with E-state index in [1.165, 1.54) is 0 Å². The molecular weight excluding hydrogens is 288 g/mol. The fourth-order valence-electron chi connectivity index (χ4n) is 2.94. The molecule has 0 saturated heterocycles. The molecule has 1 atom stereocenters. The van der Waals surface area contributed by atoms with Crippen molar-refractivity contribution in [1.82, 2.24) is 14.7 Å². The highest BCUT2D eigenvalue weighted by Crippen LogP contribution is 2.37. The second-order valence-electron chi connectivity index (χ2n) is 7.04. The zero-order valence-corrected chi connectivity index (χ0v) is 13.9. The number of nitriles is 1. The lowest BCUT2D eigenvalue weighted by atomic mass is 9.85. The Kier molecular flexibility index (Phi) is 3.48. The van der Waals surface area contributed by atoms with Crippen molar-refractivity contribution >= 4 is 5.91 Å². The third-order valence-corrected chi connectivity index (χ3v) is 4.25. The van der Waals surface area contributed by atoms with E-state index in [2.05, 4.69) is 31.9 Å². The third kappa shape index (κ3) is 2.61. The molecule has 1 aromatic carbocycles. The lowest BCUT2D eigenvalue weighted by Crippen LogP contribution is -2.26. The van der Waals surface area contributed by atoms with Crippen LogP contribution in [0, 0.1) is 11.3 Å². The second-order valence-corrected chi connectivity index (χ2v) is 7.04. The van der Waals surface area contributed by atoms with Gasteiger partial charge in [-0.1, -0.05) is 32.9 Å². The van der Waals surface area contributed by atoms with E-state index in [0.29, 0.717) is 12.1 Å². The monoisotopic (exact) mass is 308 g/mol. The van der Waals surface area contributed by atoms with Crippen LogP contribution in [0.25, 0.3) is 0 Å². The fourth-order valence-corrected chi connectivity index (χ4v) is 2.94. The highest BCUT2D eigenvalue weighted by Gasteiger charge is 2.37. The molecule has 3 rings (SSSR count). The first-order valence-electron chi connectivity index (χ1n) is 7.64. The Morgan fingerprint density at radius 1 is 1.35 bits per heavy atom. The van der Waals surface area contributed by atoms with Crippen molar-refractivity contribution < 1.29 is 4.79 Å². The molecule has 1 amide bonds. The maximum Gasteiger partial charge on any atom is 0.255 e. The summed E-state index contributed by atoms with van der Waals surface area (Å²) in [6.45, 7) is 6.77. The van der Waals surface area contributed by atoms with Crippen molar-refractivity contribution in [2.45, 2.75) is 38.8 Å². The summed E-state index contributed by atoms with van der Waals surface area (Å²) in [4.78, 5) is 14.3. The van der Waals surface area contributed by atoms with Crippen LogP contribution in [0.2, 0.25) is 0 Å². The number of carbonyl (C=O) groups is 1. The Morgan fingerprint density at radius 2 is 2.09 bits per heavy atom. The lowest BCUT2D eigenvalue weighted by molar-refractivity contribution is 0.0744. The zero-order valence-electron chi connectivity index (χ0n) is 13.9. The largest absolute Gasteiger partial charge is 0.314 e. The predicted molar refractivity (Wildman–Crippen MR) is 86.6 cm³/mol. The highest BCUT2D eigenvalue weighted by atomic mass is 16.2. The number of hydrogen-bond donors (Lipinski definition) is 0. The molecule has 1 aliphatic rings. The van der Waals surface area contributed by atoms with Gasteiger partial charge in [0.25, 0.3) is 5.91 Å². The minimum atomic E-state index is -0.542. The Morgan fingerprint density at radius 3 is 2.65 bits per heavy atom. The van der Waals surface area contributed by atoms with Crippen LogP contribution in [-0.2, 0) is 19.0 Å². The first-order valence-corrected chi connectivity index (χ1v) is 7.64. The molecule has 5 nitrogen and oxygen atoms in total. The Labute approximate surface area is 136 Å². The van der Waals surface area contributed by atoms with E-state index in [0.717, 1.165) is 16.7 Å². The molecule has 2 aromatic rings. The van der Waals surface area contributed by atoms with E-state index in [9.17, 15) is 10.1 Å². The Bertz CT molecular complexity index is 807. The minimum Gasteiger partial charge on any atom is -0.314 e. The summed E-state index contributed by atoms with van der Waals surface area (Å²) in [5.41, 5.74) is 3.48. The molecule has 0 spiro atoms. The van der Waals surface area contributed by atoms with Gasteiger partial charge in [-0.2, -0.15) is 10.4 Å². The summed E-state index contributed by atoms with van der Waals surface area (Å²) in [5.74, 6) is -0.0872. The maximum atomic E-state index is 12.7. The molecule has 0 saturated carbocycles. The van der Waals surface area contributed by atoms with E-state index in [1.807, 2.05) is 31.4 Å². The van der Waals surface area contributed by atoms with Gasteiger partial charge in [0.1, 0.15) is 6.04 Å². The summed E-state index contributed by atoms with van der Waals surface area (Å²) in [5, 5.41) is 13.7. The summed E-state index contributed by atoms with van der Waals surface area (Å²) < 4.78 is 1.70. The highest BCUT2D eigenvalue weighted by molar-refractivity contribution is 5.99. The van der Waals surface area contributed by atoms with Gasteiger partial charge in [0.05, 0.1) is 18.8 Å². The Balaban J connectivity index is 1.99. The van der Waals surface area contributed by atoms with Gasteiger partial charge in [0, 0.05) is 29.9 Å². The van der Waals surface area contributed by atoms with Crippen molar-refractivity contribution in [3.63, 3.8) is 0 Å². The maximum absolute atomic E-state index is 12.7. The number of benzene rings is 1. The number of fused-ring (bicyclic) bond motifs is 1. The summed E-state index contributed by atoms with van der Waals surface area (Å²) >= 11 is 0. The van der Waals surface area contributed by atoms with E-state index in [-0.39, 0.29) is 11.3 Å². The van der Waals surface area contributed by atoms with Gasteiger partial charge in [-0.15, -0.1) is 0 Å². The number of aromatic nitrogens is 2. The van der Waals surface area contributed by atoms with Crippen molar-refractivity contribution in [2.24, 2.45) is 7.05 Å². The number of aryl methyl sites for hydroxylation is 1. The molecule has 1 aromatic heterocycles. The average molecular weight is 308 g/mol. The molecule has 23 heavy (non-hydrogen) atoms. The van der Waals surface area contributed by atoms with Crippen molar-refractivity contribution in [3.8, 4) is 6.07 Å². The lowest BCUT2D eigenvalue weighted by Gasteiger charge is -2.21. The third-order valence-electron chi connectivity index (χ3n) is 4.25. The molecule has 0 fully saturated rings. The number of carbonyl (C=O) groups excluding carboxylic acids is 1. The molecular formula is C18H20N4O. The van der Waals surface area contributed by atoms with Gasteiger partial charge in [-0.05, 0) is 17.0 Å². The topological polar surface area (TPSA) is 61.9 Å². The normalized spacial score (nSPS) is 17.3. The average Bonchev–Trinajstić information content (AvgIpc) is 3.01. The van der Waals surface area contributed by atoms with Crippen LogP contribution in [0.15, 0.2) is 30.6 Å². The molecule has 0 N–H and O–H groups in total. The van der Waals surface area contributed by atoms with Crippen LogP contribution >= 0.6 is 0 Å². The molecule has 0 radical (unpaired) electrons. The number of amides is 1. The van der Waals surface area contributed by atoms with Gasteiger partial charge >= 0.3 is 0 Å². The predicted octanol–water partition coefficient (Wildman–Crippen LogP) is 2.94. The molecule has 118 valence electrons. The van der Waals surface area contributed by atoms with Crippen LogP contribution in [0.1, 0.15) is 53.9 Å². The van der Waals surface area contributed by atoms with Crippen LogP contribution in [0.5, 0.6) is 0 Å². The van der Waals surface area contributed by atoms with Gasteiger partial charge in [-0.3, -0.25) is 9.48 Å². The number of hydrogen-bond acceptors (Lipinski definition) is 3. The SMILES string of the molecule is Cn1cc(CN2C(=O)c3ccc(C(C)(C)C)cc3C2C#N)cn1. The molecule has 1 unspecified atom stereocenters. The van der Waals surface area contributed by atoms with Crippen molar-refractivity contribution in [1.29, 1.82) is 5.26 Å². The summed E-state index contributed by atoms with van der Waals surface area (Å²) in [6.07, 6.45) is 3.59. The second kappa shape index (κ2) is 5.24. The molecule has 1 aliphatic heterocycles. The summed E-state index contributed by atoms with van der Waals surface area (Å²) in [6, 6.07) is 7.58. The van der Waals surface area contributed by atoms with Crippen LogP contribution < -0.4 is 0 Å². The van der Waals surface area contributed by atoms with Crippen molar-refractivity contribution in [3.05, 3.63) is 52.8 Å². The fraction of sp³-hybridized carbons (Fsp3) is 0.389. The van der Waals surface area contributed by atoms with Gasteiger partial charge in [-0.25, -0.2) is 0 Å². The number of nitrogens with zero attached hydrogens (tertiary/aromatic N) is 4. The van der Waals surface area contributed by atoms with Gasteiger partial charge < -0.3 is 4.90 Å². The first kappa shape index (κ1) is 15.3. The quantitative estimate of drug-likeness (QED) is 0.857. The molecule has 0 bridgehead atoms. The number of rotatable bonds is 2. The first-order chi connectivity index (χ1) is 10.8. The molecule has 0 aliphatic carbocycles. The van der Waals surface area contributed by atoms with Gasteiger partial charge in [0.15, 0.2) is 0 Å². The van der Waals surface area contributed by atoms with Crippen molar-refractivity contribution in [2.75, 3.05) is 0 Å². The summed E-state index contributed by atoms with van der Waals surface area (Å²) in [7, 11) is 1.83. The van der Waals surface area contributed by atoms with E-state index < -0.39 is 6.04 Å². The minimum absolute atomic E-state index is 0.0190. The van der Waals surface area contributed by atoms with Crippen LogP contribution in [0.3, 0.4) is 0 Å². The van der Waals surface area contributed by atoms with E-state index >= 15 is 0 Å². The standard InChI is InChI=1S/C18H20N4O/c1-18(2,3)13-5-6-14-15(7-13)16(8-19)22(17(14)23)11-12-9-20-21(4)10-12/h5-7,9-10,16H,11H2,1-4H3. The molecule has 5 heteroatoms. The smallest absolute Gasteiger partial charge is 0.255 e. The van der Waals surface area contributed by atoms with E-state index in [4.69, 9.17) is 0 Å². The van der Waals surface area contributed by atoms with Crippen LogP contribution in [-0.4, -0.2) is 20.6 Å². The van der Waals surface area contributed by atoms with E-state index in [1.54, 1.807) is 15.8 Å². The Hall–Kier alpha value is -2.61. The van der Waals surface area contributed by atoms with Crippen LogP contribution in [0.4, 0.5) is 0 Å². The molecule has 2 heterocycles. The van der Waals surface area contributed by atoms with Gasteiger partial charge in [0.2, 0.25) is 0 Å². The zero-order chi connectivity index (χ0) is 16.8.